The molecule has 0 unspecified atom stereocenters. The Morgan fingerprint density at radius 2 is 1.44 bits per heavy atom. The Morgan fingerprint density at radius 1 is 1.00 bits per heavy atom. The average molecular weight is 473 g/mol. The van der Waals surface area contributed by atoms with Crippen LogP contribution in [0.15, 0.2) is 0 Å². The van der Waals surface area contributed by atoms with Crippen LogP contribution in [0.25, 0.3) is 0 Å². The zero-order valence-electron chi connectivity index (χ0n) is 9.91. The van der Waals surface area contributed by atoms with Crippen molar-refractivity contribution in [2.45, 2.75) is 14.0 Å². The molecular weight excluding hydrogens is 453 g/mol. The topological polar surface area (TPSA) is 30.9 Å². The summed E-state index contributed by atoms with van der Waals surface area (Å²) in [5.74, 6) is 0. The smallest absolute Gasteiger partial charge is 1.00 e. The zero-order chi connectivity index (χ0) is 10.7. The summed E-state index contributed by atoms with van der Waals surface area (Å²) < 4.78 is 19.0. The summed E-state index contributed by atoms with van der Waals surface area (Å²) in [5.41, 5.74) is 0. The number of rotatable bonds is 2. The molecule has 0 aromatic heterocycles. The summed E-state index contributed by atoms with van der Waals surface area (Å²) >= 11 is -0.970. The van der Waals surface area contributed by atoms with Gasteiger partial charge in [0.2, 0.25) is 0 Å². The van der Waals surface area contributed by atoms with Gasteiger partial charge in [-0.3, -0.25) is 0 Å². The van der Waals surface area contributed by atoms with E-state index in [0.29, 0.717) is 0 Å². The van der Waals surface area contributed by atoms with Crippen molar-refractivity contribution in [3.8, 4) is 0 Å². The van der Waals surface area contributed by atoms with E-state index < -0.39 is 28.4 Å². The van der Waals surface area contributed by atoms with Crippen molar-refractivity contribution < 1.29 is 37.3 Å². The quantitative estimate of drug-likeness (QED) is 0.331. The molecule has 3 aliphatic rings. The van der Waals surface area contributed by atoms with Gasteiger partial charge in [-0.2, -0.15) is 0 Å². The van der Waals surface area contributed by atoms with Crippen LogP contribution in [0.2, 0.25) is 14.0 Å². The number of hydrogen-bond donors (Lipinski definition) is 0. The second kappa shape index (κ2) is 7.24. The van der Waals surface area contributed by atoms with E-state index in [9.17, 15) is 0 Å². The van der Waals surface area contributed by atoms with Crippen LogP contribution in [0.5, 0.6) is 0 Å². The first-order chi connectivity index (χ1) is 7.20. The molecule has 2 bridgehead atoms. The third kappa shape index (κ3) is 4.35. The van der Waals surface area contributed by atoms with Gasteiger partial charge < -0.3 is 24.0 Å². The fraction of sp³-hybridized carbons (Fsp3) is 1.00. The Bertz CT molecular complexity index is 196. The maximum absolute atomic E-state index is 5.95. The van der Waals surface area contributed by atoms with Gasteiger partial charge in [-0.05, 0) is 0 Å². The largest absolute Gasteiger partial charge is 1.00 e. The molecule has 0 amide bonds. The third-order valence-electron chi connectivity index (χ3n) is 2.65. The SMILES string of the molecule is C[Te+](C)C[Si]12OCCN(CCO1)CCO2.[I-]. The van der Waals surface area contributed by atoms with Crippen molar-refractivity contribution in [2.24, 2.45) is 0 Å². The number of nitrogens with zero attached hydrogens (tertiary/aromatic N) is 1. The minimum absolute atomic E-state index is 0. The first kappa shape index (κ1) is 15.6. The van der Waals surface area contributed by atoms with Gasteiger partial charge in [0.1, 0.15) is 0 Å². The first-order valence-electron chi connectivity index (χ1n) is 5.39. The van der Waals surface area contributed by atoms with Gasteiger partial charge in [-0.25, -0.2) is 0 Å². The van der Waals surface area contributed by atoms with E-state index in [0.717, 1.165) is 43.5 Å². The normalized spacial score (nSPS) is 35.1. The van der Waals surface area contributed by atoms with Crippen molar-refractivity contribution in [1.29, 1.82) is 0 Å². The number of halogens is 1. The van der Waals surface area contributed by atoms with Crippen molar-refractivity contribution >= 4 is 28.4 Å². The van der Waals surface area contributed by atoms with Crippen LogP contribution in [0, 0.1) is 0 Å². The van der Waals surface area contributed by atoms with E-state index in [1.807, 2.05) is 0 Å². The van der Waals surface area contributed by atoms with Crippen molar-refractivity contribution in [3.05, 3.63) is 0 Å². The third-order valence-corrected chi connectivity index (χ3v) is 13.5. The fourth-order valence-corrected chi connectivity index (χ4v) is 12.5. The zero-order valence-corrected chi connectivity index (χ0v) is 15.4. The Hall–Kier alpha value is 1.58. The van der Waals surface area contributed by atoms with Crippen molar-refractivity contribution in [3.63, 3.8) is 0 Å². The van der Waals surface area contributed by atoms with E-state index in [1.165, 1.54) is 0 Å². The molecule has 0 N–H and O–H groups in total. The Balaban J connectivity index is 0.00000128. The molecule has 0 aliphatic carbocycles. The van der Waals surface area contributed by atoms with E-state index in [4.69, 9.17) is 13.3 Å². The molecule has 96 valence electrons. The Kier molecular flexibility index (Phi) is 7.07. The molecule has 3 saturated heterocycles. The van der Waals surface area contributed by atoms with Crippen LogP contribution in [-0.4, -0.2) is 72.7 Å². The number of fused-ring (bicyclic) bond motifs is 6. The molecule has 3 heterocycles. The maximum atomic E-state index is 5.95. The molecule has 0 atom stereocenters. The van der Waals surface area contributed by atoms with Crippen LogP contribution in [0.4, 0.5) is 0 Å². The monoisotopic (exact) mass is 475 g/mol. The summed E-state index contributed by atoms with van der Waals surface area (Å²) in [5, 5.41) is 0. The summed E-state index contributed by atoms with van der Waals surface area (Å²) in [6.07, 6.45) is 0. The molecule has 0 saturated carbocycles. The summed E-state index contributed by atoms with van der Waals surface area (Å²) in [4.78, 5) is 7.09. The minimum Gasteiger partial charge on any atom is -1.00 e. The van der Waals surface area contributed by atoms with Gasteiger partial charge in [-0.1, -0.05) is 0 Å². The van der Waals surface area contributed by atoms with E-state index in [-0.39, 0.29) is 24.0 Å². The van der Waals surface area contributed by atoms with Crippen LogP contribution in [0.1, 0.15) is 0 Å². The van der Waals surface area contributed by atoms with Crippen LogP contribution in [-0.2, 0) is 13.3 Å². The molecule has 3 aliphatic heterocycles. The summed E-state index contributed by atoms with van der Waals surface area (Å²) in [7, 11) is -2.24. The van der Waals surface area contributed by atoms with Gasteiger partial charge in [0.25, 0.3) is 0 Å². The fourth-order valence-electron chi connectivity index (χ4n) is 1.93. The number of hydrogen-bond acceptors (Lipinski definition) is 4. The van der Waals surface area contributed by atoms with Crippen LogP contribution >= 0.6 is 0 Å². The van der Waals surface area contributed by atoms with E-state index >= 15 is 0 Å². The van der Waals surface area contributed by atoms with Crippen LogP contribution < -0.4 is 24.0 Å². The van der Waals surface area contributed by atoms with E-state index in [2.05, 4.69) is 14.8 Å². The van der Waals surface area contributed by atoms with Gasteiger partial charge in [0.15, 0.2) is 0 Å². The Morgan fingerprint density at radius 3 is 1.81 bits per heavy atom. The predicted octanol–water partition coefficient (Wildman–Crippen LogP) is -2.40. The molecule has 0 aromatic carbocycles. The molecule has 0 radical (unpaired) electrons. The van der Waals surface area contributed by atoms with Gasteiger partial charge in [0.05, 0.1) is 0 Å². The van der Waals surface area contributed by atoms with Gasteiger partial charge in [0, 0.05) is 0 Å². The molecule has 0 aromatic rings. The van der Waals surface area contributed by atoms with Crippen molar-refractivity contribution in [2.75, 3.05) is 39.5 Å². The predicted molar refractivity (Wildman–Crippen MR) is 62.3 cm³/mol. The molecular formula is C9H20INO3SiTe. The van der Waals surface area contributed by atoms with Crippen LogP contribution in [0.3, 0.4) is 0 Å². The molecule has 3 rings (SSSR count). The second-order valence-corrected chi connectivity index (χ2v) is 14.8. The molecule has 16 heavy (non-hydrogen) atoms. The summed E-state index contributed by atoms with van der Waals surface area (Å²) in [6, 6.07) is 0. The van der Waals surface area contributed by atoms with E-state index in [1.54, 1.807) is 0 Å². The molecule has 3 fully saturated rings. The minimum atomic E-state index is -2.24. The Labute approximate surface area is 123 Å². The van der Waals surface area contributed by atoms with Gasteiger partial charge >= 0.3 is 100 Å². The second-order valence-electron chi connectivity index (χ2n) is 4.20. The van der Waals surface area contributed by atoms with Gasteiger partial charge in [-0.15, -0.1) is 0 Å². The molecule has 7 heteroatoms. The van der Waals surface area contributed by atoms with Crippen molar-refractivity contribution in [1.82, 2.24) is 4.90 Å². The first-order valence-corrected chi connectivity index (χ1v) is 13.6. The maximum Gasteiger partial charge on any atom is -1.00 e. The average Bonchev–Trinajstić information content (AvgIpc) is 2.05. The summed E-state index contributed by atoms with van der Waals surface area (Å²) in [6.45, 7) is 5.51. The standard InChI is InChI=1S/C9H20NO3SiTe.HI/c1-15(2)9-14-11-6-3-10(4-7-12-14)5-8-13-14;/h3-9H2,1-2H3;1H/q+1;/p-1. The molecule has 0 spiro atoms. The molecule has 4 nitrogen and oxygen atoms in total.